The van der Waals surface area contributed by atoms with Crippen LogP contribution in [0.5, 0.6) is 0 Å². The van der Waals surface area contributed by atoms with E-state index in [2.05, 4.69) is 0 Å². The summed E-state index contributed by atoms with van der Waals surface area (Å²) in [5.74, 6) is -0.689. The van der Waals surface area contributed by atoms with Crippen molar-refractivity contribution in [3.8, 4) is 0 Å². The Morgan fingerprint density at radius 1 is 1.07 bits per heavy atom. The standard InChI is InChI=1S/C18H17N3O5S/c19-27(26,14-7-5-6-13(12-14)21(24)25)11-4-3-10-20-17(22)15-8-1-2-9-16(15)18(20)23/h1-2,5-9,11-12H,3-4,10H2,(H2,19,26). The first-order chi connectivity index (χ1) is 12.8. The van der Waals surface area contributed by atoms with Gasteiger partial charge in [-0.2, -0.15) is 0 Å². The number of hydrogen-bond donors (Lipinski definition) is 1. The summed E-state index contributed by atoms with van der Waals surface area (Å²) >= 11 is 0. The number of nitrogens with zero attached hydrogens (tertiary/aromatic N) is 2. The summed E-state index contributed by atoms with van der Waals surface area (Å²) < 4.78 is 12.6. The molecular formula is C18H17N3O5S. The fourth-order valence-electron chi connectivity index (χ4n) is 2.84. The molecule has 1 atom stereocenters. The third-order valence-corrected chi connectivity index (χ3v) is 5.95. The zero-order valence-electron chi connectivity index (χ0n) is 14.2. The number of carbonyl (C=O) groups is 2. The van der Waals surface area contributed by atoms with Gasteiger partial charge in [0.05, 0.1) is 30.7 Å². The van der Waals surface area contributed by atoms with Crippen LogP contribution >= 0.6 is 0 Å². The molecule has 1 unspecified atom stereocenters. The lowest BCUT2D eigenvalue weighted by Gasteiger charge is -2.13. The second kappa shape index (κ2) is 7.29. The number of nitro groups is 1. The zero-order valence-corrected chi connectivity index (χ0v) is 15.1. The average molecular weight is 387 g/mol. The van der Waals surface area contributed by atoms with Crippen molar-refractivity contribution in [1.82, 2.24) is 4.90 Å². The topological polar surface area (TPSA) is 124 Å². The monoisotopic (exact) mass is 387 g/mol. The third-order valence-electron chi connectivity index (χ3n) is 4.23. The Bertz CT molecular complexity index is 1020. The lowest BCUT2D eigenvalue weighted by Crippen LogP contribution is -2.30. The highest BCUT2D eigenvalue weighted by atomic mass is 32.2. The van der Waals surface area contributed by atoms with Crippen molar-refractivity contribution in [2.24, 2.45) is 5.14 Å². The fourth-order valence-corrected chi connectivity index (χ4v) is 4.15. The molecule has 2 amide bonds. The molecule has 0 aromatic heterocycles. The summed E-state index contributed by atoms with van der Waals surface area (Å²) in [7, 11) is -3.06. The Labute approximate surface area is 155 Å². The van der Waals surface area contributed by atoms with E-state index in [1.165, 1.54) is 29.6 Å². The minimum atomic E-state index is -3.06. The Kier molecular flexibility index (Phi) is 5.06. The first-order valence-electron chi connectivity index (χ1n) is 8.16. The number of fused-ring (bicyclic) bond motifs is 1. The second-order valence-corrected chi connectivity index (χ2v) is 8.12. The number of nitro benzene ring substituents is 1. The van der Waals surface area contributed by atoms with Crippen LogP contribution in [0.15, 0.2) is 53.4 Å². The summed E-state index contributed by atoms with van der Waals surface area (Å²) in [6.07, 6.45) is 0.667. The maximum atomic E-state index is 12.6. The molecule has 140 valence electrons. The molecule has 8 nitrogen and oxygen atoms in total. The fraction of sp³-hybridized carbons (Fsp3) is 0.167. The maximum Gasteiger partial charge on any atom is 0.270 e. The quantitative estimate of drug-likeness (QED) is 0.267. The molecule has 0 bridgehead atoms. The predicted octanol–water partition coefficient (Wildman–Crippen LogP) is 1.99. The van der Waals surface area contributed by atoms with Crippen molar-refractivity contribution >= 4 is 32.6 Å². The summed E-state index contributed by atoms with van der Waals surface area (Å²) in [5.41, 5.74) is 0.571. The number of non-ortho nitro benzene ring substituents is 1. The van der Waals surface area contributed by atoms with Gasteiger partial charge in [0, 0.05) is 18.7 Å². The van der Waals surface area contributed by atoms with E-state index in [1.807, 2.05) is 0 Å². The summed E-state index contributed by atoms with van der Waals surface area (Å²) in [4.78, 5) is 36.1. The number of nitrogens with two attached hydrogens (primary N) is 1. The van der Waals surface area contributed by atoms with Crippen molar-refractivity contribution in [1.29, 1.82) is 0 Å². The Morgan fingerprint density at radius 3 is 2.30 bits per heavy atom. The van der Waals surface area contributed by atoms with Crippen LogP contribution in [0.2, 0.25) is 0 Å². The van der Waals surface area contributed by atoms with Gasteiger partial charge in [-0.1, -0.05) is 18.2 Å². The molecule has 27 heavy (non-hydrogen) atoms. The Morgan fingerprint density at radius 2 is 1.70 bits per heavy atom. The molecule has 0 saturated heterocycles. The van der Waals surface area contributed by atoms with Gasteiger partial charge in [0.25, 0.3) is 17.5 Å². The van der Waals surface area contributed by atoms with Crippen LogP contribution in [0.1, 0.15) is 33.6 Å². The van der Waals surface area contributed by atoms with Crippen molar-refractivity contribution in [2.45, 2.75) is 17.7 Å². The number of imide groups is 1. The summed E-state index contributed by atoms with van der Waals surface area (Å²) in [6, 6.07) is 12.0. The van der Waals surface area contributed by atoms with Gasteiger partial charge in [0.2, 0.25) is 0 Å². The number of rotatable bonds is 6. The molecular weight excluding hydrogens is 370 g/mol. The molecule has 0 aliphatic carbocycles. The van der Waals surface area contributed by atoms with Crippen LogP contribution < -0.4 is 5.14 Å². The van der Waals surface area contributed by atoms with Crippen LogP contribution in [0, 0.1) is 10.1 Å². The van der Waals surface area contributed by atoms with E-state index < -0.39 is 14.6 Å². The van der Waals surface area contributed by atoms with Crippen molar-refractivity contribution in [2.75, 3.05) is 6.54 Å². The molecule has 2 aromatic carbocycles. The molecule has 1 heterocycles. The SMILES string of the molecule is NS(=O)(=CCCCN1C(=O)c2ccccc2C1=O)c1cccc([N+](=O)[O-])c1. The molecule has 1 aliphatic rings. The Hall–Kier alpha value is -3.04. The Balaban J connectivity index is 1.67. The first-order valence-corrected chi connectivity index (χ1v) is 9.84. The smallest absolute Gasteiger partial charge is 0.270 e. The number of unbranched alkanes of at least 4 members (excludes halogenated alkanes) is 1. The summed E-state index contributed by atoms with van der Waals surface area (Å²) in [6.45, 7) is 0.174. The van der Waals surface area contributed by atoms with E-state index in [9.17, 15) is 23.9 Å². The van der Waals surface area contributed by atoms with Crippen LogP contribution in [0.4, 0.5) is 5.69 Å². The average Bonchev–Trinajstić information content (AvgIpc) is 2.90. The highest BCUT2D eigenvalue weighted by molar-refractivity contribution is 7.99. The molecule has 0 fully saturated rings. The van der Waals surface area contributed by atoms with Gasteiger partial charge in [-0.05, 0) is 36.4 Å². The summed E-state index contributed by atoms with van der Waals surface area (Å²) in [5, 5.41) is 18.0. The van der Waals surface area contributed by atoms with Crippen molar-refractivity contribution in [3.05, 3.63) is 69.8 Å². The lowest BCUT2D eigenvalue weighted by molar-refractivity contribution is -0.385. The number of hydrogen-bond acceptors (Lipinski definition) is 5. The molecule has 3 rings (SSSR count). The molecule has 9 heteroatoms. The van der Waals surface area contributed by atoms with Crippen molar-refractivity contribution < 1.29 is 18.7 Å². The van der Waals surface area contributed by atoms with E-state index in [0.29, 0.717) is 17.5 Å². The van der Waals surface area contributed by atoms with Gasteiger partial charge in [0.1, 0.15) is 0 Å². The molecule has 0 saturated carbocycles. The third kappa shape index (κ3) is 3.74. The first kappa shape index (κ1) is 18.7. The predicted molar refractivity (Wildman–Crippen MR) is 101 cm³/mol. The van der Waals surface area contributed by atoms with Gasteiger partial charge < -0.3 is 0 Å². The van der Waals surface area contributed by atoms with Crippen LogP contribution in [-0.2, 0) is 9.71 Å². The van der Waals surface area contributed by atoms with Crippen LogP contribution in [0.3, 0.4) is 0 Å². The highest BCUT2D eigenvalue weighted by Gasteiger charge is 2.34. The van der Waals surface area contributed by atoms with Gasteiger partial charge in [-0.25, -0.2) is 4.21 Å². The normalized spacial score (nSPS) is 15.4. The molecule has 0 radical (unpaired) electrons. The highest BCUT2D eigenvalue weighted by Crippen LogP contribution is 2.22. The van der Waals surface area contributed by atoms with E-state index in [0.717, 1.165) is 4.90 Å². The molecule has 1 aliphatic heterocycles. The van der Waals surface area contributed by atoms with E-state index >= 15 is 0 Å². The van der Waals surface area contributed by atoms with Crippen molar-refractivity contribution in [3.63, 3.8) is 0 Å². The number of carbonyl (C=O) groups excluding carboxylic acids is 2. The number of amides is 2. The molecule has 2 aromatic rings. The van der Waals surface area contributed by atoms with E-state index in [-0.39, 0.29) is 35.4 Å². The minimum Gasteiger partial charge on any atom is -0.274 e. The van der Waals surface area contributed by atoms with Gasteiger partial charge >= 0.3 is 0 Å². The van der Waals surface area contributed by atoms with Crippen LogP contribution in [0.25, 0.3) is 0 Å². The second-order valence-electron chi connectivity index (χ2n) is 6.02. The number of benzene rings is 2. The van der Waals surface area contributed by atoms with Gasteiger partial charge in [-0.3, -0.25) is 29.7 Å². The van der Waals surface area contributed by atoms with E-state index in [1.54, 1.807) is 24.3 Å². The molecule has 0 spiro atoms. The van der Waals surface area contributed by atoms with Crippen LogP contribution in [-0.4, -0.2) is 37.8 Å². The van der Waals surface area contributed by atoms with Gasteiger partial charge in [-0.15, -0.1) is 0 Å². The lowest BCUT2D eigenvalue weighted by atomic mass is 10.1. The minimum absolute atomic E-state index is 0.164. The van der Waals surface area contributed by atoms with Gasteiger partial charge in [0.15, 0.2) is 0 Å². The van der Waals surface area contributed by atoms with E-state index in [4.69, 9.17) is 5.14 Å². The largest absolute Gasteiger partial charge is 0.274 e. The maximum absolute atomic E-state index is 12.6. The zero-order chi connectivity index (χ0) is 19.6. The molecule has 2 N–H and O–H groups in total.